The van der Waals surface area contributed by atoms with Gasteiger partial charge in [-0.15, -0.1) is 0 Å². The van der Waals surface area contributed by atoms with Crippen molar-refractivity contribution >= 4 is 15.0 Å². The van der Waals surface area contributed by atoms with Gasteiger partial charge in [0.15, 0.2) is 0 Å². The van der Waals surface area contributed by atoms with Gasteiger partial charge >= 0.3 is 87.0 Å². The summed E-state index contributed by atoms with van der Waals surface area (Å²) in [5.74, 6) is 0. The van der Waals surface area contributed by atoms with Gasteiger partial charge in [-0.25, -0.2) is 0 Å². The van der Waals surface area contributed by atoms with E-state index in [4.69, 9.17) is 0 Å². The van der Waals surface area contributed by atoms with E-state index >= 15 is 0 Å². The van der Waals surface area contributed by atoms with Gasteiger partial charge in [-0.1, -0.05) is 0 Å². The zero-order valence-corrected chi connectivity index (χ0v) is 8.66. The summed E-state index contributed by atoms with van der Waals surface area (Å²) < 4.78 is -0.00690. The van der Waals surface area contributed by atoms with Crippen LogP contribution in [0.25, 0.3) is 11.0 Å². The summed E-state index contributed by atoms with van der Waals surface area (Å²) in [5.41, 5.74) is 2.21. The van der Waals surface area contributed by atoms with Gasteiger partial charge in [-0.3, -0.25) is 0 Å². The summed E-state index contributed by atoms with van der Waals surface area (Å²) in [6.07, 6.45) is 3.24. The number of aromatic nitrogens is 2. The maximum absolute atomic E-state index is 11.0. The summed E-state index contributed by atoms with van der Waals surface area (Å²) in [4.78, 5) is 19.2. The molecule has 0 amide bonds. The molecule has 0 fully saturated rings. The Morgan fingerprint density at radius 3 is 2.54 bits per heavy atom. The second-order valence-electron chi connectivity index (χ2n) is 2.50. The van der Waals surface area contributed by atoms with E-state index < -0.39 is 0 Å². The SMILES string of the molecule is O=[C]([Au])c1ccc2nccnc2c1. The average Bonchev–Trinajstić information content (AvgIpc) is 2.17. The first-order valence-corrected chi connectivity index (χ1v) is 4.72. The standard InChI is InChI=1S/C9H5N2O.Au/c12-6-7-1-2-8-9(5-7)11-4-3-10-8;/h1-5H;. The fourth-order valence-corrected chi connectivity index (χ4v) is 1.41. The molecule has 0 saturated carbocycles. The van der Waals surface area contributed by atoms with Crippen LogP contribution in [0.2, 0.25) is 0 Å². The third-order valence-electron chi connectivity index (χ3n) is 1.67. The molecular weight excluding hydrogens is 349 g/mol. The molecule has 0 spiro atoms. The number of hydrogen-bond donors (Lipinski definition) is 0. The molecule has 2 aromatic rings. The number of fused-ring (bicyclic) bond motifs is 1. The first-order valence-electron chi connectivity index (χ1n) is 3.64. The van der Waals surface area contributed by atoms with Crippen LogP contribution in [0, 0.1) is 0 Å². The van der Waals surface area contributed by atoms with Gasteiger partial charge in [-0.2, -0.15) is 0 Å². The maximum atomic E-state index is 11.0. The Bertz CT molecular complexity index is 470. The molecule has 0 unspecified atom stereocenters. The number of benzene rings is 1. The second-order valence-corrected chi connectivity index (χ2v) is 3.48. The molecule has 13 heavy (non-hydrogen) atoms. The van der Waals surface area contributed by atoms with Crippen molar-refractivity contribution in [2.45, 2.75) is 0 Å². The van der Waals surface area contributed by atoms with Crippen LogP contribution >= 0.6 is 0 Å². The Kier molecular flexibility index (Phi) is 2.22. The van der Waals surface area contributed by atoms with Crippen LogP contribution < -0.4 is 0 Å². The molecule has 2 rings (SSSR count). The monoisotopic (exact) mass is 354 g/mol. The molecule has 0 atom stereocenters. The van der Waals surface area contributed by atoms with Crippen LogP contribution in [0.5, 0.6) is 0 Å². The minimum absolute atomic E-state index is 0.00690. The van der Waals surface area contributed by atoms with Gasteiger partial charge in [0.25, 0.3) is 0 Å². The molecule has 1 heterocycles. The molecule has 4 heteroatoms. The van der Waals surface area contributed by atoms with Crippen molar-refractivity contribution in [1.82, 2.24) is 9.97 Å². The van der Waals surface area contributed by atoms with Gasteiger partial charge in [0.2, 0.25) is 0 Å². The zero-order valence-electron chi connectivity index (χ0n) is 6.49. The van der Waals surface area contributed by atoms with E-state index in [0.29, 0.717) is 5.56 Å². The quantitative estimate of drug-likeness (QED) is 0.726. The van der Waals surface area contributed by atoms with Gasteiger partial charge < -0.3 is 0 Å². The van der Waals surface area contributed by atoms with Crippen LogP contribution in [0.3, 0.4) is 0 Å². The normalized spacial score (nSPS) is 10.3. The molecule has 0 bridgehead atoms. The van der Waals surface area contributed by atoms with Crippen LogP contribution in [-0.2, 0) is 21.1 Å². The van der Waals surface area contributed by atoms with E-state index in [9.17, 15) is 4.79 Å². The summed E-state index contributed by atoms with van der Waals surface area (Å²) in [6.45, 7) is 0. The summed E-state index contributed by atoms with van der Waals surface area (Å²) in [6, 6.07) is 5.29. The van der Waals surface area contributed by atoms with Crippen LogP contribution in [0.1, 0.15) is 10.4 Å². The van der Waals surface area contributed by atoms with Gasteiger partial charge in [-0.05, 0) is 0 Å². The molecule has 1 aromatic carbocycles. The van der Waals surface area contributed by atoms with Gasteiger partial charge in [0.05, 0.1) is 0 Å². The molecule has 0 N–H and O–H groups in total. The van der Waals surface area contributed by atoms with Gasteiger partial charge in [0, 0.05) is 0 Å². The van der Waals surface area contributed by atoms with Crippen LogP contribution in [0.15, 0.2) is 30.6 Å². The average molecular weight is 354 g/mol. The number of nitrogens with zero attached hydrogens (tertiary/aromatic N) is 2. The Labute approximate surface area is 87.1 Å². The summed E-state index contributed by atoms with van der Waals surface area (Å²) in [7, 11) is 0. The van der Waals surface area contributed by atoms with Crippen molar-refractivity contribution in [2.75, 3.05) is 0 Å². The molecule has 0 saturated heterocycles. The third-order valence-corrected chi connectivity index (χ3v) is 2.30. The molecule has 3 nitrogen and oxygen atoms in total. The number of carbonyl (C=O) groups excluding carboxylic acids is 1. The molecule has 0 aliphatic heterocycles. The Hall–Kier alpha value is -1.03. The van der Waals surface area contributed by atoms with E-state index in [-0.39, 0.29) is 4.00 Å². The summed E-state index contributed by atoms with van der Waals surface area (Å²) >= 11 is 1.94. The molecule has 0 aliphatic rings. The van der Waals surface area contributed by atoms with Crippen molar-refractivity contribution in [3.8, 4) is 0 Å². The van der Waals surface area contributed by atoms with E-state index in [1.54, 1.807) is 30.6 Å². The Morgan fingerprint density at radius 1 is 1.15 bits per heavy atom. The Morgan fingerprint density at radius 2 is 1.85 bits per heavy atom. The molecular formula is C9H5AuN2O. The van der Waals surface area contributed by atoms with Crippen molar-refractivity contribution in [1.29, 1.82) is 0 Å². The fraction of sp³-hybridized carbons (Fsp3) is 0. The van der Waals surface area contributed by atoms with E-state index in [2.05, 4.69) is 9.97 Å². The fourth-order valence-electron chi connectivity index (χ4n) is 1.07. The predicted octanol–water partition coefficient (Wildman–Crippen LogP) is 1.32. The number of rotatable bonds is 1. The van der Waals surface area contributed by atoms with Crippen molar-refractivity contribution in [2.24, 2.45) is 0 Å². The van der Waals surface area contributed by atoms with Gasteiger partial charge in [0.1, 0.15) is 0 Å². The van der Waals surface area contributed by atoms with Crippen molar-refractivity contribution in [3.63, 3.8) is 0 Å². The summed E-state index contributed by atoms with van der Waals surface area (Å²) in [5, 5.41) is 0. The molecule has 1 aromatic heterocycles. The minimum atomic E-state index is -0.00690. The van der Waals surface area contributed by atoms with E-state index in [1.807, 2.05) is 21.1 Å². The van der Waals surface area contributed by atoms with Crippen molar-refractivity contribution in [3.05, 3.63) is 36.2 Å². The van der Waals surface area contributed by atoms with E-state index in [1.165, 1.54) is 0 Å². The number of carbonyl (C=O) groups is 1. The van der Waals surface area contributed by atoms with Crippen LogP contribution in [0.4, 0.5) is 0 Å². The topological polar surface area (TPSA) is 42.9 Å². The third kappa shape index (κ3) is 1.67. The molecule has 0 radical (unpaired) electrons. The van der Waals surface area contributed by atoms with E-state index in [0.717, 1.165) is 11.0 Å². The molecule has 68 valence electrons. The second kappa shape index (κ2) is 3.38. The predicted molar refractivity (Wildman–Crippen MR) is 43.9 cm³/mol. The Balaban J connectivity index is 2.69. The zero-order chi connectivity index (χ0) is 9.26. The first-order chi connectivity index (χ1) is 6.27. The van der Waals surface area contributed by atoms with Crippen molar-refractivity contribution < 1.29 is 25.9 Å². The first kappa shape index (κ1) is 8.56. The number of hydrogen-bond acceptors (Lipinski definition) is 3. The molecule has 0 aliphatic carbocycles. The van der Waals surface area contributed by atoms with Crippen LogP contribution in [-0.4, -0.2) is 14.0 Å².